The van der Waals surface area contributed by atoms with E-state index >= 15 is 0 Å². The van der Waals surface area contributed by atoms with Gasteiger partial charge in [-0.1, -0.05) is 13.8 Å². The molecule has 0 radical (unpaired) electrons. The minimum absolute atomic E-state index is 0.0640. The number of hydrogen-bond donors (Lipinski definition) is 0. The second-order valence-corrected chi connectivity index (χ2v) is 9.58. The normalized spacial score (nSPS) is 46.1. The highest BCUT2D eigenvalue weighted by molar-refractivity contribution is 5.84. The molecule has 4 aliphatic carbocycles. The number of ether oxygens (including phenoxy) is 1. The van der Waals surface area contributed by atoms with Crippen LogP contribution < -0.4 is 0 Å². The molecule has 0 spiro atoms. The number of carbonyl (C=O) groups excluding carboxylic acids is 1. The molecule has 4 saturated carbocycles. The number of ketones is 1. The van der Waals surface area contributed by atoms with Crippen molar-refractivity contribution in [1.82, 2.24) is 0 Å². The molecular weight excluding hydrogens is 346 g/mol. The monoisotopic (exact) mass is 381 g/mol. The van der Waals surface area contributed by atoms with Gasteiger partial charge in [0.15, 0.2) is 0 Å². The van der Waals surface area contributed by atoms with Crippen molar-refractivity contribution in [3.05, 3.63) is 0 Å². The fourth-order valence-electron chi connectivity index (χ4n) is 7.54. The highest BCUT2D eigenvalue weighted by atomic mass is 16.5. The zero-order valence-corrected chi connectivity index (χ0v) is 17.7. The summed E-state index contributed by atoms with van der Waals surface area (Å²) < 4.78 is 5.71. The van der Waals surface area contributed by atoms with Gasteiger partial charge in [0.1, 0.15) is 5.78 Å². The second kappa shape index (κ2) is 8.72. The Labute approximate surface area is 171 Å². The van der Waals surface area contributed by atoms with Gasteiger partial charge < -0.3 is 4.74 Å². The van der Waals surface area contributed by atoms with Gasteiger partial charge in [0.2, 0.25) is 0 Å². The van der Waals surface area contributed by atoms with Gasteiger partial charge in [-0.2, -0.15) is 5.26 Å². The van der Waals surface area contributed by atoms with Crippen molar-refractivity contribution in [1.29, 1.82) is 5.26 Å². The van der Waals surface area contributed by atoms with Gasteiger partial charge in [0, 0.05) is 19.4 Å². The Morgan fingerprint density at radius 1 is 1.00 bits per heavy atom. The van der Waals surface area contributed by atoms with Crippen LogP contribution in [-0.2, 0) is 9.53 Å². The molecule has 0 N–H and O–H groups in total. The van der Waals surface area contributed by atoms with Gasteiger partial charge in [-0.05, 0) is 73.5 Å². The summed E-state index contributed by atoms with van der Waals surface area (Å²) in [5, 5.41) is 9.58. The maximum Gasteiger partial charge on any atom is 0.137 e. The summed E-state index contributed by atoms with van der Waals surface area (Å²) >= 11 is 0. The zero-order valence-electron chi connectivity index (χ0n) is 17.7. The van der Waals surface area contributed by atoms with Crippen LogP contribution in [0.5, 0.6) is 0 Å². The number of methoxy groups -OCH3 is 1. The van der Waals surface area contributed by atoms with Crippen LogP contribution in [0.25, 0.3) is 0 Å². The Balaban J connectivity index is 0.000000660. The van der Waals surface area contributed by atoms with Gasteiger partial charge in [-0.15, -0.1) is 25.7 Å². The van der Waals surface area contributed by atoms with Crippen LogP contribution >= 0.6 is 0 Å². The standard InChI is InChI=1S/C21H31NO2.2C2H2/c1-20-11-18(23)19-16(17(20)9-6-14(20)12-22)8-5-13-4-7-15(24-3)10-21(13,19)2;2*1-2/h13-17,19H,4-11H2,1-3H3;2*1-2H. The molecule has 28 heavy (non-hydrogen) atoms. The quantitative estimate of drug-likeness (QED) is 0.609. The average Bonchev–Trinajstić information content (AvgIpc) is 3.05. The Morgan fingerprint density at radius 2 is 1.64 bits per heavy atom. The van der Waals surface area contributed by atoms with E-state index in [4.69, 9.17) is 4.74 Å². The molecular formula is C25H35NO2. The average molecular weight is 382 g/mol. The molecule has 0 bridgehead atoms. The molecule has 0 heterocycles. The topological polar surface area (TPSA) is 50.1 Å². The van der Waals surface area contributed by atoms with Crippen LogP contribution in [-0.4, -0.2) is 19.0 Å². The lowest BCUT2D eigenvalue weighted by Crippen LogP contribution is -2.58. The molecule has 152 valence electrons. The highest BCUT2D eigenvalue weighted by Crippen LogP contribution is 2.66. The van der Waals surface area contributed by atoms with Crippen molar-refractivity contribution in [3.63, 3.8) is 0 Å². The summed E-state index contributed by atoms with van der Waals surface area (Å²) in [7, 11) is 1.82. The van der Waals surface area contributed by atoms with E-state index in [1.165, 1.54) is 19.3 Å². The summed E-state index contributed by atoms with van der Waals surface area (Å²) in [4.78, 5) is 13.3. The third-order valence-corrected chi connectivity index (χ3v) is 8.74. The first-order valence-corrected chi connectivity index (χ1v) is 10.6. The third-order valence-electron chi connectivity index (χ3n) is 8.74. The second-order valence-electron chi connectivity index (χ2n) is 9.58. The molecule has 0 aromatic rings. The molecule has 8 atom stereocenters. The van der Waals surface area contributed by atoms with Crippen molar-refractivity contribution in [2.24, 2.45) is 40.4 Å². The fraction of sp³-hybridized carbons (Fsp3) is 0.760. The van der Waals surface area contributed by atoms with Crippen LogP contribution in [0.2, 0.25) is 0 Å². The van der Waals surface area contributed by atoms with E-state index in [0.29, 0.717) is 36.1 Å². The van der Waals surface area contributed by atoms with Gasteiger partial charge in [-0.3, -0.25) is 4.79 Å². The maximum absolute atomic E-state index is 13.3. The predicted molar refractivity (Wildman–Crippen MR) is 112 cm³/mol. The van der Waals surface area contributed by atoms with E-state index in [0.717, 1.165) is 25.7 Å². The Bertz CT molecular complexity index is 652. The number of hydrogen-bond acceptors (Lipinski definition) is 3. The summed E-state index contributed by atoms with van der Waals surface area (Å²) in [6, 6.07) is 2.53. The number of fused-ring (bicyclic) bond motifs is 5. The van der Waals surface area contributed by atoms with Crippen molar-refractivity contribution in [2.75, 3.05) is 7.11 Å². The van der Waals surface area contributed by atoms with Crippen molar-refractivity contribution in [3.8, 4) is 31.8 Å². The number of Topliss-reactive ketones (excluding diaryl/α,β-unsaturated/α-hetero) is 1. The molecule has 0 amide bonds. The van der Waals surface area contributed by atoms with Gasteiger partial charge >= 0.3 is 0 Å². The summed E-state index contributed by atoms with van der Waals surface area (Å²) in [6.07, 6.45) is 25.0. The number of nitrogens with zero attached hydrogens (tertiary/aromatic N) is 1. The number of rotatable bonds is 1. The van der Waals surface area contributed by atoms with Gasteiger partial charge in [0.05, 0.1) is 18.1 Å². The highest BCUT2D eigenvalue weighted by Gasteiger charge is 2.63. The van der Waals surface area contributed by atoms with Crippen LogP contribution in [0.15, 0.2) is 0 Å². The molecule has 0 aromatic carbocycles. The van der Waals surface area contributed by atoms with Crippen LogP contribution in [0.1, 0.15) is 65.2 Å². The van der Waals surface area contributed by atoms with Crippen molar-refractivity contribution < 1.29 is 9.53 Å². The molecule has 0 saturated heterocycles. The van der Waals surface area contributed by atoms with Gasteiger partial charge in [-0.25, -0.2) is 0 Å². The lowest BCUT2D eigenvalue weighted by Gasteiger charge is -2.59. The number of carbonyl (C=O) groups is 1. The van der Waals surface area contributed by atoms with Crippen LogP contribution in [0.3, 0.4) is 0 Å². The minimum atomic E-state index is -0.0640. The van der Waals surface area contributed by atoms with E-state index in [2.05, 4.69) is 45.6 Å². The summed E-state index contributed by atoms with van der Waals surface area (Å²) in [5.41, 5.74) is 0.0521. The first kappa shape index (κ1) is 22.5. The zero-order chi connectivity index (χ0) is 21.1. The molecule has 4 fully saturated rings. The number of nitriles is 1. The van der Waals surface area contributed by atoms with Crippen molar-refractivity contribution >= 4 is 5.78 Å². The minimum Gasteiger partial charge on any atom is -0.381 e. The fourth-order valence-corrected chi connectivity index (χ4v) is 7.54. The Kier molecular flexibility index (Phi) is 7.02. The van der Waals surface area contributed by atoms with Gasteiger partial charge in [0.25, 0.3) is 0 Å². The van der Waals surface area contributed by atoms with E-state index in [-0.39, 0.29) is 22.7 Å². The molecule has 4 aliphatic rings. The van der Waals surface area contributed by atoms with Crippen LogP contribution in [0.4, 0.5) is 0 Å². The first-order chi connectivity index (χ1) is 13.4. The molecule has 8 unspecified atom stereocenters. The maximum atomic E-state index is 13.3. The SMILES string of the molecule is C#C.C#C.COC1CCC2CCC3C4CCC(C#N)C4(C)CC(=O)C3C2(C)C1. The van der Waals surface area contributed by atoms with Crippen LogP contribution in [0, 0.1) is 77.4 Å². The predicted octanol–water partition coefficient (Wildman–Crippen LogP) is 4.86. The molecule has 3 heteroatoms. The van der Waals surface area contributed by atoms with E-state index in [1.807, 2.05) is 7.11 Å². The van der Waals surface area contributed by atoms with E-state index < -0.39 is 0 Å². The summed E-state index contributed by atoms with van der Waals surface area (Å²) in [5.74, 6) is 2.52. The summed E-state index contributed by atoms with van der Waals surface area (Å²) in [6.45, 7) is 4.62. The largest absolute Gasteiger partial charge is 0.381 e. The van der Waals surface area contributed by atoms with E-state index in [9.17, 15) is 10.1 Å². The number of terminal acetylenes is 2. The molecule has 0 aromatic heterocycles. The lowest BCUT2D eigenvalue weighted by atomic mass is 9.44. The third kappa shape index (κ3) is 3.27. The lowest BCUT2D eigenvalue weighted by molar-refractivity contribution is -0.162. The Hall–Kier alpha value is -1.76. The smallest absolute Gasteiger partial charge is 0.137 e. The van der Waals surface area contributed by atoms with Crippen molar-refractivity contribution in [2.45, 2.75) is 71.3 Å². The Morgan fingerprint density at radius 3 is 2.25 bits per heavy atom. The van der Waals surface area contributed by atoms with E-state index in [1.54, 1.807) is 0 Å². The molecule has 3 nitrogen and oxygen atoms in total. The first-order valence-electron chi connectivity index (χ1n) is 10.6. The molecule has 0 aliphatic heterocycles. The molecule has 4 rings (SSSR count).